The monoisotopic (exact) mass is 392 g/mol. The number of halogens is 1. The summed E-state index contributed by atoms with van der Waals surface area (Å²) in [6.07, 6.45) is 0.263. The summed E-state index contributed by atoms with van der Waals surface area (Å²) >= 11 is 7.15. The van der Waals surface area contributed by atoms with Crippen molar-refractivity contribution < 1.29 is 9.59 Å². The van der Waals surface area contributed by atoms with Crippen LogP contribution in [-0.2, 0) is 11.2 Å². The minimum absolute atomic E-state index is 0.0848. The molecule has 0 atom stereocenters. The number of aromatic nitrogens is 1. The molecule has 2 amide bonds. The van der Waals surface area contributed by atoms with Crippen LogP contribution in [-0.4, -0.2) is 59.3 Å². The number of benzene rings is 1. The van der Waals surface area contributed by atoms with Crippen molar-refractivity contribution in [1.82, 2.24) is 14.8 Å². The first-order valence-corrected chi connectivity index (χ1v) is 9.82. The molecule has 1 aromatic carbocycles. The average molecular weight is 393 g/mol. The Morgan fingerprint density at radius 2 is 1.88 bits per heavy atom. The van der Waals surface area contributed by atoms with Gasteiger partial charge in [-0.1, -0.05) is 18.5 Å². The molecule has 6 nitrogen and oxygen atoms in total. The summed E-state index contributed by atoms with van der Waals surface area (Å²) in [6, 6.07) is 6.65. The van der Waals surface area contributed by atoms with E-state index in [2.05, 4.69) is 22.1 Å². The number of hydrogen-bond donors (Lipinski definition) is 1. The molecule has 2 heterocycles. The van der Waals surface area contributed by atoms with E-state index in [4.69, 9.17) is 11.6 Å². The predicted octanol–water partition coefficient (Wildman–Crippen LogP) is 2.76. The Hall–Kier alpha value is -1.96. The number of thiazole rings is 1. The lowest BCUT2D eigenvalue weighted by atomic mass is 10.2. The summed E-state index contributed by atoms with van der Waals surface area (Å²) < 4.78 is 0. The van der Waals surface area contributed by atoms with Crippen molar-refractivity contribution in [3.63, 3.8) is 0 Å². The number of carbonyl (C=O) groups is 2. The third kappa shape index (κ3) is 4.81. The zero-order chi connectivity index (χ0) is 18.5. The van der Waals surface area contributed by atoms with Gasteiger partial charge < -0.3 is 9.80 Å². The highest BCUT2D eigenvalue weighted by atomic mass is 35.5. The quantitative estimate of drug-likeness (QED) is 0.849. The van der Waals surface area contributed by atoms with Crippen molar-refractivity contribution in [1.29, 1.82) is 0 Å². The zero-order valence-electron chi connectivity index (χ0n) is 14.6. The SMILES string of the molecule is CCN1CCN(C(=O)Cc2csc(NC(=O)c3ccc(Cl)cc3)n2)CC1. The maximum Gasteiger partial charge on any atom is 0.257 e. The molecule has 1 aliphatic heterocycles. The summed E-state index contributed by atoms with van der Waals surface area (Å²) in [5, 5.41) is 5.64. The van der Waals surface area contributed by atoms with E-state index in [1.54, 1.807) is 24.3 Å². The number of likely N-dealkylation sites (N-methyl/N-ethyl adjacent to an activating group) is 1. The van der Waals surface area contributed by atoms with Gasteiger partial charge in [-0.25, -0.2) is 4.98 Å². The lowest BCUT2D eigenvalue weighted by molar-refractivity contribution is -0.132. The maximum absolute atomic E-state index is 12.4. The zero-order valence-corrected chi connectivity index (χ0v) is 16.1. The van der Waals surface area contributed by atoms with E-state index >= 15 is 0 Å². The molecule has 1 N–H and O–H groups in total. The Balaban J connectivity index is 1.53. The molecule has 0 aliphatic carbocycles. The largest absolute Gasteiger partial charge is 0.340 e. The molecular formula is C18H21ClN4O2S. The van der Waals surface area contributed by atoms with Crippen molar-refractivity contribution in [3.8, 4) is 0 Å². The van der Waals surface area contributed by atoms with Crippen LogP contribution >= 0.6 is 22.9 Å². The van der Waals surface area contributed by atoms with Crippen molar-refractivity contribution in [2.75, 3.05) is 38.0 Å². The normalized spacial score (nSPS) is 15.1. The first kappa shape index (κ1) is 18.8. The van der Waals surface area contributed by atoms with Crippen molar-refractivity contribution in [2.45, 2.75) is 13.3 Å². The van der Waals surface area contributed by atoms with Gasteiger partial charge in [0, 0.05) is 42.1 Å². The van der Waals surface area contributed by atoms with Gasteiger partial charge >= 0.3 is 0 Å². The van der Waals surface area contributed by atoms with Gasteiger partial charge in [0.1, 0.15) is 0 Å². The Morgan fingerprint density at radius 1 is 1.19 bits per heavy atom. The highest BCUT2D eigenvalue weighted by Crippen LogP contribution is 2.18. The van der Waals surface area contributed by atoms with E-state index in [1.165, 1.54) is 11.3 Å². The third-order valence-electron chi connectivity index (χ3n) is 4.38. The van der Waals surface area contributed by atoms with E-state index in [-0.39, 0.29) is 18.2 Å². The number of amides is 2. The summed E-state index contributed by atoms with van der Waals surface area (Å²) in [5.74, 6) is -0.161. The molecule has 8 heteroatoms. The second-order valence-electron chi connectivity index (χ2n) is 6.10. The summed E-state index contributed by atoms with van der Waals surface area (Å²) in [5.41, 5.74) is 1.19. The van der Waals surface area contributed by atoms with E-state index in [1.807, 2.05) is 10.3 Å². The summed E-state index contributed by atoms with van der Waals surface area (Å²) in [4.78, 5) is 33.2. The van der Waals surface area contributed by atoms with Gasteiger partial charge in [0.15, 0.2) is 5.13 Å². The molecule has 0 unspecified atom stereocenters. The summed E-state index contributed by atoms with van der Waals surface area (Å²) in [7, 11) is 0. The fourth-order valence-electron chi connectivity index (χ4n) is 2.80. The van der Waals surface area contributed by atoms with E-state index in [0.717, 1.165) is 32.7 Å². The molecule has 1 aromatic heterocycles. The van der Waals surface area contributed by atoms with Gasteiger partial charge in [-0.05, 0) is 30.8 Å². The molecular weight excluding hydrogens is 372 g/mol. The van der Waals surface area contributed by atoms with Gasteiger partial charge in [0.25, 0.3) is 5.91 Å². The highest BCUT2D eigenvalue weighted by molar-refractivity contribution is 7.14. The maximum atomic E-state index is 12.4. The van der Waals surface area contributed by atoms with Gasteiger partial charge in [0.2, 0.25) is 5.91 Å². The van der Waals surface area contributed by atoms with Crippen LogP contribution in [0.25, 0.3) is 0 Å². The second kappa shape index (κ2) is 8.62. The minimum atomic E-state index is -0.246. The van der Waals surface area contributed by atoms with Crippen molar-refractivity contribution in [2.24, 2.45) is 0 Å². The van der Waals surface area contributed by atoms with Crippen molar-refractivity contribution in [3.05, 3.63) is 45.9 Å². The van der Waals surface area contributed by atoms with Crippen molar-refractivity contribution >= 4 is 39.9 Å². The Bertz CT molecular complexity index is 770. The first-order chi connectivity index (χ1) is 12.5. The van der Waals surface area contributed by atoms with E-state index < -0.39 is 0 Å². The van der Waals surface area contributed by atoms with Gasteiger partial charge in [-0.15, -0.1) is 11.3 Å². The summed E-state index contributed by atoms with van der Waals surface area (Å²) in [6.45, 7) is 6.51. The smallest absolute Gasteiger partial charge is 0.257 e. The average Bonchev–Trinajstić information content (AvgIpc) is 3.09. The number of hydrogen-bond acceptors (Lipinski definition) is 5. The number of carbonyl (C=O) groups excluding carboxylic acids is 2. The van der Waals surface area contributed by atoms with E-state index in [0.29, 0.717) is 21.4 Å². The predicted molar refractivity (Wildman–Crippen MR) is 104 cm³/mol. The fraction of sp³-hybridized carbons (Fsp3) is 0.389. The highest BCUT2D eigenvalue weighted by Gasteiger charge is 2.21. The molecule has 0 saturated carbocycles. The minimum Gasteiger partial charge on any atom is -0.340 e. The molecule has 0 radical (unpaired) electrons. The molecule has 0 spiro atoms. The second-order valence-corrected chi connectivity index (χ2v) is 7.39. The lowest BCUT2D eigenvalue weighted by Crippen LogP contribution is -2.48. The fourth-order valence-corrected chi connectivity index (χ4v) is 3.63. The van der Waals surface area contributed by atoms with Crippen LogP contribution < -0.4 is 5.32 Å². The number of anilines is 1. The van der Waals surface area contributed by atoms with Crippen LogP contribution in [0, 0.1) is 0 Å². The molecule has 3 rings (SSSR count). The molecule has 138 valence electrons. The van der Waals surface area contributed by atoms with Crippen LogP contribution in [0.1, 0.15) is 23.0 Å². The molecule has 0 bridgehead atoms. The molecule has 1 aliphatic rings. The van der Waals surface area contributed by atoms with Gasteiger partial charge in [-0.3, -0.25) is 14.9 Å². The number of piperazine rings is 1. The van der Waals surface area contributed by atoms with E-state index in [9.17, 15) is 9.59 Å². The topological polar surface area (TPSA) is 65.5 Å². The Kier molecular flexibility index (Phi) is 6.24. The Morgan fingerprint density at radius 3 is 2.54 bits per heavy atom. The molecule has 2 aromatic rings. The van der Waals surface area contributed by atoms with Crippen LogP contribution in [0.4, 0.5) is 5.13 Å². The Labute approximate surface area is 161 Å². The van der Waals surface area contributed by atoms with Crippen LogP contribution in [0.5, 0.6) is 0 Å². The molecule has 1 fully saturated rings. The first-order valence-electron chi connectivity index (χ1n) is 8.56. The van der Waals surface area contributed by atoms with Crippen LogP contribution in [0.15, 0.2) is 29.6 Å². The number of rotatable bonds is 5. The number of nitrogens with one attached hydrogen (secondary N) is 1. The third-order valence-corrected chi connectivity index (χ3v) is 5.44. The molecule has 26 heavy (non-hydrogen) atoms. The van der Waals surface area contributed by atoms with Crippen LogP contribution in [0.3, 0.4) is 0 Å². The van der Waals surface area contributed by atoms with Crippen LogP contribution in [0.2, 0.25) is 5.02 Å². The van der Waals surface area contributed by atoms with Gasteiger partial charge in [-0.2, -0.15) is 0 Å². The standard InChI is InChI=1S/C18H21ClN4O2S/c1-2-22-7-9-23(10-8-22)16(24)11-15-12-26-18(20-15)21-17(25)13-3-5-14(19)6-4-13/h3-6,12H,2,7-11H2,1H3,(H,20,21,25). The molecule has 1 saturated heterocycles. The van der Waals surface area contributed by atoms with Gasteiger partial charge in [0.05, 0.1) is 12.1 Å². The lowest BCUT2D eigenvalue weighted by Gasteiger charge is -2.34. The number of nitrogens with zero attached hydrogens (tertiary/aromatic N) is 3.